The summed E-state index contributed by atoms with van der Waals surface area (Å²) in [5.74, 6) is 0.173. The number of nitrogens with zero attached hydrogens (tertiary/aromatic N) is 2. The Balaban J connectivity index is 1.04. The molecule has 1 aliphatic carbocycles. The van der Waals surface area contributed by atoms with Crippen molar-refractivity contribution in [1.29, 1.82) is 0 Å². The van der Waals surface area contributed by atoms with Gasteiger partial charge in [0.05, 0.1) is 22.1 Å². The van der Waals surface area contributed by atoms with E-state index in [0.29, 0.717) is 0 Å². The second-order valence-corrected chi connectivity index (χ2v) is 15.5. The second-order valence-electron chi connectivity index (χ2n) is 15.5. The van der Waals surface area contributed by atoms with E-state index in [9.17, 15) is 0 Å². The first kappa shape index (κ1) is 30.6. The van der Waals surface area contributed by atoms with Gasteiger partial charge in [0, 0.05) is 44.2 Å². The highest BCUT2D eigenvalue weighted by atomic mass is 15.1. The molecule has 10 aromatic rings. The molecular weight excluding hydrogens is 665 g/mol. The Labute approximate surface area is 319 Å². The van der Waals surface area contributed by atoms with Crippen LogP contribution in [0.4, 0.5) is 0 Å². The van der Waals surface area contributed by atoms with E-state index in [4.69, 9.17) is 0 Å². The minimum Gasteiger partial charge on any atom is -0.329 e. The van der Waals surface area contributed by atoms with Crippen molar-refractivity contribution >= 4 is 55.8 Å². The molecule has 0 spiro atoms. The molecule has 2 aliphatic rings. The van der Waals surface area contributed by atoms with E-state index < -0.39 is 0 Å². The zero-order valence-electron chi connectivity index (χ0n) is 30.4. The fourth-order valence-electron chi connectivity index (χ4n) is 10.0. The first-order chi connectivity index (χ1) is 27.1. The summed E-state index contributed by atoms with van der Waals surface area (Å²) in [6, 6.07) is 67.4. The van der Waals surface area contributed by atoms with Crippen LogP contribution < -0.4 is 10.4 Å². The molecule has 0 saturated heterocycles. The maximum absolute atomic E-state index is 2.65. The van der Waals surface area contributed by atoms with Crippen LogP contribution in [0, 0.1) is 0 Å². The number of benzene rings is 8. The molecular formula is C53H36N2. The molecule has 3 heterocycles. The largest absolute Gasteiger partial charge is 0.329 e. The fourth-order valence-corrected chi connectivity index (χ4v) is 10.0. The predicted molar refractivity (Wildman–Crippen MR) is 231 cm³/mol. The van der Waals surface area contributed by atoms with Crippen LogP contribution >= 0.6 is 0 Å². The van der Waals surface area contributed by atoms with Crippen LogP contribution in [0.25, 0.3) is 94.8 Å². The molecule has 1 aliphatic heterocycles. The molecule has 2 nitrogen and oxygen atoms in total. The summed E-state index contributed by atoms with van der Waals surface area (Å²) in [6.07, 6.45) is 5.03. The lowest BCUT2D eigenvalue weighted by Crippen LogP contribution is -2.42. The Morgan fingerprint density at radius 3 is 1.85 bits per heavy atom. The molecule has 0 bridgehead atoms. The molecule has 8 aromatic carbocycles. The monoisotopic (exact) mass is 700 g/mol. The summed E-state index contributed by atoms with van der Waals surface area (Å²) in [5, 5.41) is 7.74. The Morgan fingerprint density at radius 2 is 1.04 bits per heavy atom. The highest BCUT2D eigenvalue weighted by molar-refractivity contribution is 6.16. The summed E-state index contributed by atoms with van der Waals surface area (Å²) in [5.41, 5.74) is 14.8. The number of aromatic nitrogens is 2. The third-order valence-electron chi connectivity index (χ3n) is 12.5. The average molecular weight is 701 g/mol. The molecule has 2 heteroatoms. The van der Waals surface area contributed by atoms with Gasteiger partial charge in [0.15, 0.2) is 0 Å². The summed E-state index contributed by atoms with van der Waals surface area (Å²) in [4.78, 5) is 0. The first-order valence-corrected chi connectivity index (χ1v) is 19.3. The highest BCUT2D eigenvalue weighted by Crippen LogP contribution is 2.52. The smallest absolute Gasteiger partial charge is 0.0718 e. The van der Waals surface area contributed by atoms with Crippen LogP contribution in [0.1, 0.15) is 18.4 Å². The molecule has 2 aromatic heterocycles. The van der Waals surface area contributed by atoms with Crippen LogP contribution in [-0.2, 0) is 5.54 Å². The van der Waals surface area contributed by atoms with Crippen LogP contribution in [0.15, 0.2) is 182 Å². The van der Waals surface area contributed by atoms with Crippen molar-refractivity contribution in [3.63, 3.8) is 0 Å². The quantitative estimate of drug-likeness (QED) is 0.174. The number of hydrogen-bond donors (Lipinski definition) is 0. The molecule has 2 atom stereocenters. The van der Waals surface area contributed by atoms with Crippen molar-refractivity contribution < 1.29 is 0 Å². The summed E-state index contributed by atoms with van der Waals surface area (Å²) in [7, 11) is 0. The lowest BCUT2D eigenvalue weighted by molar-refractivity contribution is 0.431. The Morgan fingerprint density at radius 1 is 0.436 bits per heavy atom. The predicted octanol–water partition coefficient (Wildman–Crippen LogP) is 12.0. The molecule has 2 unspecified atom stereocenters. The van der Waals surface area contributed by atoms with E-state index in [2.05, 4.69) is 210 Å². The number of rotatable bonds is 3. The minimum atomic E-state index is -0.297. The topological polar surface area (TPSA) is 9.86 Å². The lowest BCUT2D eigenvalue weighted by atomic mass is 9.75. The van der Waals surface area contributed by atoms with Crippen LogP contribution in [0.3, 0.4) is 0 Å². The van der Waals surface area contributed by atoms with Gasteiger partial charge in [0.1, 0.15) is 0 Å². The molecule has 0 fully saturated rings. The van der Waals surface area contributed by atoms with Crippen LogP contribution in [0.2, 0.25) is 0 Å². The van der Waals surface area contributed by atoms with Crippen molar-refractivity contribution in [3.05, 3.63) is 198 Å². The van der Waals surface area contributed by atoms with Crippen LogP contribution in [-0.4, -0.2) is 9.13 Å². The molecule has 55 heavy (non-hydrogen) atoms. The van der Waals surface area contributed by atoms with E-state index in [1.54, 1.807) is 0 Å². The number of hydrogen-bond acceptors (Lipinski definition) is 0. The van der Waals surface area contributed by atoms with Crippen molar-refractivity contribution in [1.82, 2.24) is 9.13 Å². The van der Waals surface area contributed by atoms with Gasteiger partial charge in [-0.2, -0.15) is 0 Å². The van der Waals surface area contributed by atoms with E-state index >= 15 is 0 Å². The van der Waals surface area contributed by atoms with E-state index in [0.717, 1.165) is 0 Å². The third-order valence-corrected chi connectivity index (χ3v) is 12.5. The van der Waals surface area contributed by atoms with Gasteiger partial charge in [-0.15, -0.1) is 0 Å². The van der Waals surface area contributed by atoms with E-state index in [-0.39, 0.29) is 11.5 Å². The van der Waals surface area contributed by atoms with Crippen molar-refractivity contribution in [2.45, 2.75) is 18.4 Å². The van der Waals surface area contributed by atoms with Gasteiger partial charge >= 0.3 is 0 Å². The molecule has 0 amide bonds. The first-order valence-electron chi connectivity index (χ1n) is 19.3. The standard InChI is InChI=1S/C53H36N2/c1-53-33-38-14-6-5-13-36(38)32-48(53)42-18-8-7-17-41(42)46-30-39(31-47-44-20-10-12-22-51(44)55(53)52(46)47)35-25-23-34(24-26-35)37-27-28-50-45(29-37)43-19-9-11-21-49(43)54(50)40-15-3-2-4-16-40/h2-33,48H,1H3. The molecule has 258 valence electrons. The van der Waals surface area contributed by atoms with E-state index in [1.807, 2.05) is 0 Å². The van der Waals surface area contributed by atoms with Crippen molar-refractivity contribution in [2.24, 2.45) is 0 Å². The number of fused-ring (bicyclic) bond motifs is 12. The fraction of sp³-hybridized carbons (Fsp3) is 0.0566. The summed E-state index contributed by atoms with van der Waals surface area (Å²) in [6.45, 7) is 2.44. The van der Waals surface area contributed by atoms with Gasteiger partial charge in [-0.05, 0) is 99.3 Å². The van der Waals surface area contributed by atoms with Crippen molar-refractivity contribution in [2.75, 3.05) is 0 Å². The van der Waals surface area contributed by atoms with Gasteiger partial charge in [0.25, 0.3) is 0 Å². The lowest BCUT2D eigenvalue weighted by Gasteiger charge is -2.38. The molecule has 0 saturated carbocycles. The maximum Gasteiger partial charge on any atom is 0.0718 e. The zero-order chi connectivity index (χ0) is 36.3. The molecule has 0 radical (unpaired) electrons. The van der Waals surface area contributed by atoms with Gasteiger partial charge in [-0.25, -0.2) is 0 Å². The summed E-state index contributed by atoms with van der Waals surface area (Å²) >= 11 is 0. The van der Waals surface area contributed by atoms with Gasteiger partial charge in [-0.3, -0.25) is 0 Å². The van der Waals surface area contributed by atoms with Crippen LogP contribution in [0.5, 0.6) is 0 Å². The minimum absolute atomic E-state index is 0.173. The number of para-hydroxylation sites is 3. The van der Waals surface area contributed by atoms with Gasteiger partial charge in [0.2, 0.25) is 0 Å². The average Bonchev–Trinajstić information content (AvgIpc) is 3.74. The molecule has 0 N–H and O–H groups in total. The van der Waals surface area contributed by atoms with Gasteiger partial charge in [-0.1, -0.05) is 146 Å². The molecule has 12 rings (SSSR count). The Kier molecular flexibility index (Phi) is 6.28. The normalized spacial score (nSPS) is 17.0. The summed E-state index contributed by atoms with van der Waals surface area (Å²) < 4.78 is 5.03. The third kappa shape index (κ3) is 4.31. The second kappa shape index (κ2) is 11.3. The highest BCUT2D eigenvalue weighted by Gasteiger charge is 2.41. The van der Waals surface area contributed by atoms with E-state index in [1.165, 1.54) is 98.7 Å². The van der Waals surface area contributed by atoms with Crippen molar-refractivity contribution in [3.8, 4) is 39.1 Å². The maximum atomic E-state index is 2.65. The Bertz CT molecular complexity index is 3330. The van der Waals surface area contributed by atoms with Gasteiger partial charge < -0.3 is 9.13 Å². The zero-order valence-corrected chi connectivity index (χ0v) is 30.4. The SMILES string of the molecule is CC12C=c3ccccc3=CC1c1ccccc1-c1cc(-c3ccc(-c4ccc5c(c4)c4ccccc4n5-c4ccccc4)cc3)cc3c4ccccc4n2c13. The Hall–Kier alpha value is -6.90.